The smallest absolute Gasteiger partial charge is 0.0547 e. The van der Waals surface area contributed by atoms with Gasteiger partial charge >= 0.3 is 0 Å². The van der Waals surface area contributed by atoms with E-state index in [1.54, 1.807) is 0 Å². The van der Waals surface area contributed by atoms with Crippen molar-refractivity contribution in [2.45, 2.75) is 0 Å². The minimum Gasteiger partial charge on any atom is -0.310 e. The van der Waals surface area contributed by atoms with Gasteiger partial charge in [-0.3, -0.25) is 0 Å². The van der Waals surface area contributed by atoms with Crippen molar-refractivity contribution in [3.05, 3.63) is 267 Å². The summed E-state index contributed by atoms with van der Waals surface area (Å²) in [6.45, 7) is 0. The number of nitrogens with zero attached hydrogens (tertiary/aromatic N) is 2. The molecule has 0 unspecified atom stereocenters. The van der Waals surface area contributed by atoms with Gasteiger partial charge in [0.2, 0.25) is 0 Å². The molecule has 0 aliphatic heterocycles. The molecule has 0 N–H and O–H groups in total. The molecule has 0 radical (unpaired) electrons. The van der Waals surface area contributed by atoms with Crippen LogP contribution in [0, 0.1) is 0 Å². The summed E-state index contributed by atoms with van der Waals surface area (Å²) in [6.07, 6.45) is 0. The van der Waals surface area contributed by atoms with Gasteiger partial charge in [-0.25, -0.2) is 0 Å². The molecule has 69 heavy (non-hydrogen) atoms. The Morgan fingerprint density at radius 2 is 0.768 bits per heavy atom. The van der Waals surface area contributed by atoms with Gasteiger partial charge in [-0.05, 0) is 135 Å². The lowest BCUT2D eigenvalue weighted by atomic mass is 9.95. The van der Waals surface area contributed by atoms with Crippen molar-refractivity contribution >= 4 is 70.4 Å². The van der Waals surface area contributed by atoms with Crippen molar-refractivity contribution in [3.63, 3.8) is 0 Å². The number of fused-ring (bicyclic) bond motifs is 6. The van der Waals surface area contributed by atoms with Crippen LogP contribution in [-0.4, -0.2) is 4.57 Å². The Kier molecular flexibility index (Phi) is 10.1. The average Bonchev–Trinajstić information content (AvgIpc) is 3.97. The number of aromatic nitrogens is 1. The van der Waals surface area contributed by atoms with E-state index in [2.05, 4.69) is 276 Å². The molecule has 3 heteroatoms. The Labute approximate surface area is 405 Å². The van der Waals surface area contributed by atoms with E-state index in [0.29, 0.717) is 0 Å². The van der Waals surface area contributed by atoms with Crippen LogP contribution < -0.4 is 4.90 Å². The average molecular weight is 897 g/mol. The second-order valence-corrected chi connectivity index (χ2v) is 18.8. The molecule has 13 aromatic rings. The fourth-order valence-corrected chi connectivity index (χ4v) is 11.4. The summed E-state index contributed by atoms with van der Waals surface area (Å²) in [4.78, 5) is 2.40. The Morgan fingerprint density at radius 1 is 0.275 bits per heavy atom. The molecule has 0 saturated heterocycles. The first kappa shape index (κ1) is 40.5. The van der Waals surface area contributed by atoms with Gasteiger partial charge in [-0.15, -0.1) is 11.3 Å². The highest BCUT2D eigenvalue weighted by Gasteiger charge is 2.19. The van der Waals surface area contributed by atoms with E-state index >= 15 is 0 Å². The summed E-state index contributed by atoms with van der Waals surface area (Å²) >= 11 is 1.88. The van der Waals surface area contributed by atoms with Crippen LogP contribution in [0.15, 0.2) is 267 Å². The number of hydrogen-bond donors (Lipinski definition) is 0. The molecule has 11 aromatic carbocycles. The Balaban J connectivity index is 0.944. The summed E-state index contributed by atoms with van der Waals surface area (Å²) in [5.74, 6) is 0. The molecule has 0 bridgehead atoms. The Bertz CT molecular complexity index is 3970. The lowest BCUT2D eigenvalue weighted by molar-refractivity contribution is 1.18. The van der Waals surface area contributed by atoms with E-state index in [4.69, 9.17) is 0 Å². The van der Waals surface area contributed by atoms with Gasteiger partial charge in [0.15, 0.2) is 0 Å². The predicted octanol–water partition coefficient (Wildman–Crippen LogP) is 19.0. The molecule has 0 saturated carbocycles. The molecule has 0 fully saturated rings. The zero-order chi connectivity index (χ0) is 45.7. The first-order chi connectivity index (χ1) is 34.2. The maximum Gasteiger partial charge on any atom is 0.0547 e. The van der Waals surface area contributed by atoms with Crippen molar-refractivity contribution < 1.29 is 0 Å². The van der Waals surface area contributed by atoms with Gasteiger partial charge in [0.25, 0.3) is 0 Å². The maximum absolute atomic E-state index is 2.40. The SMILES string of the molecule is c1ccc(-c2ccc(N(c3ccc(-c4ccc5c6ccccc6n(-c6ccccc6)c5c4)cc3)c3cccc(-c4cc(-c5ccccc5)cc5c4sc4ccc(-c6ccccc6)cc45)c3)cc2)cc1. The Hall–Kier alpha value is -8.76. The third kappa shape index (κ3) is 7.37. The van der Waals surface area contributed by atoms with Crippen LogP contribution in [0.3, 0.4) is 0 Å². The van der Waals surface area contributed by atoms with Crippen molar-refractivity contribution in [2.75, 3.05) is 4.90 Å². The molecule has 0 aliphatic carbocycles. The monoisotopic (exact) mass is 896 g/mol. The van der Waals surface area contributed by atoms with Crippen molar-refractivity contribution in [1.82, 2.24) is 4.57 Å². The van der Waals surface area contributed by atoms with Gasteiger partial charge in [-0.1, -0.05) is 182 Å². The third-order valence-corrected chi connectivity index (χ3v) is 14.8. The van der Waals surface area contributed by atoms with Gasteiger partial charge in [-0.2, -0.15) is 0 Å². The van der Waals surface area contributed by atoms with Crippen LogP contribution in [0.1, 0.15) is 0 Å². The zero-order valence-corrected chi connectivity index (χ0v) is 38.5. The third-order valence-electron chi connectivity index (χ3n) is 13.6. The molecular weight excluding hydrogens is 853 g/mol. The van der Waals surface area contributed by atoms with Gasteiger partial charge < -0.3 is 9.47 Å². The molecule has 13 rings (SSSR count). The van der Waals surface area contributed by atoms with Crippen molar-refractivity contribution in [1.29, 1.82) is 0 Å². The molecule has 2 heterocycles. The molecular formula is C66H44N2S. The second-order valence-electron chi connectivity index (χ2n) is 17.7. The molecule has 0 spiro atoms. The van der Waals surface area contributed by atoms with Crippen molar-refractivity contribution in [3.8, 4) is 61.3 Å². The summed E-state index contributed by atoms with van der Waals surface area (Å²) in [5, 5.41) is 5.07. The summed E-state index contributed by atoms with van der Waals surface area (Å²) in [7, 11) is 0. The minimum absolute atomic E-state index is 1.08. The van der Waals surface area contributed by atoms with E-state index < -0.39 is 0 Å². The fourth-order valence-electron chi connectivity index (χ4n) is 10.2. The number of hydrogen-bond acceptors (Lipinski definition) is 2. The molecule has 0 atom stereocenters. The molecule has 0 amide bonds. The normalized spacial score (nSPS) is 11.5. The second kappa shape index (κ2) is 17.2. The lowest BCUT2D eigenvalue weighted by Gasteiger charge is -2.26. The standard InChI is InChI=1S/C66H44N2S/c1-5-16-45(17-6-1)48-28-34-55(35-29-48)67(56-36-30-49(31-37-56)51-32-38-59-58-26-13-14-27-63(58)68(64(59)44-51)54-23-11-4-12-24-54)57-25-15-22-52(40-57)60-42-53(47-20-9-3-10-21-47)43-62-61-41-50(46-18-7-2-8-19-46)33-39-65(61)69-66(60)62/h1-44H. The van der Waals surface area contributed by atoms with Gasteiger partial charge in [0.05, 0.1) is 11.0 Å². The lowest BCUT2D eigenvalue weighted by Crippen LogP contribution is -2.10. The number of rotatable bonds is 9. The van der Waals surface area contributed by atoms with Gasteiger partial charge in [0, 0.05) is 59.3 Å². The highest BCUT2D eigenvalue weighted by Crippen LogP contribution is 2.46. The molecule has 2 nitrogen and oxygen atoms in total. The van der Waals surface area contributed by atoms with E-state index in [0.717, 1.165) is 22.7 Å². The van der Waals surface area contributed by atoms with Gasteiger partial charge in [0.1, 0.15) is 0 Å². The molecule has 324 valence electrons. The largest absolute Gasteiger partial charge is 0.310 e. The van der Waals surface area contributed by atoms with Crippen LogP contribution in [0.5, 0.6) is 0 Å². The predicted molar refractivity (Wildman–Crippen MR) is 296 cm³/mol. The number of benzene rings is 11. The minimum atomic E-state index is 1.08. The fraction of sp³-hybridized carbons (Fsp3) is 0. The van der Waals surface area contributed by atoms with E-state index in [-0.39, 0.29) is 0 Å². The highest BCUT2D eigenvalue weighted by atomic mass is 32.1. The summed E-state index contributed by atoms with van der Waals surface area (Å²) < 4.78 is 4.96. The van der Waals surface area contributed by atoms with Crippen LogP contribution in [0.2, 0.25) is 0 Å². The first-order valence-corrected chi connectivity index (χ1v) is 24.4. The number of thiophene rings is 1. The van der Waals surface area contributed by atoms with Crippen molar-refractivity contribution in [2.24, 2.45) is 0 Å². The number of anilines is 3. The maximum atomic E-state index is 2.40. The quantitative estimate of drug-likeness (QED) is 0.140. The van der Waals surface area contributed by atoms with E-state index in [9.17, 15) is 0 Å². The van der Waals surface area contributed by atoms with E-state index in [1.807, 2.05) is 11.3 Å². The summed E-state index contributed by atoms with van der Waals surface area (Å²) in [6, 6.07) is 97.4. The first-order valence-electron chi connectivity index (χ1n) is 23.6. The number of para-hydroxylation sites is 2. The molecule has 0 aliphatic rings. The topological polar surface area (TPSA) is 8.17 Å². The Morgan fingerprint density at radius 3 is 1.45 bits per heavy atom. The van der Waals surface area contributed by atoms with E-state index in [1.165, 1.54) is 97.6 Å². The highest BCUT2D eigenvalue weighted by molar-refractivity contribution is 7.26. The summed E-state index contributed by atoms with van der Waals surface area (Å²) in [5.41, 5.74) is 18.8. The van der Waals surface area contributed by atoms with Crippen LogP contribution in [-0.2, 0) is 0 Å². The van der Waals surface area contributed by atoms with Crippen LogP contribution in [0.25, 0.3) is 103 Å². The zero-order valence-electron chi connectivity index (χ0n) is 37.7. The van der Waals surface area contributed by atoms with Crippen LogP contribution in [0.4, 0.5) is 17.1 Å². The van der Waals surface area contributed by atoms with Crippen LogP contribution >= 0.6 is 11.3 Å². The molecule has 2 aromatic heterocycles.